The number of aromatic hydroxyl groups is 1. The normalized spacial score (nSPS) is 14.7. The molecule has 2 amide bonds. The molecule has 124 valence electrons. The third-order valence-corrected chi connectivity index (χ3v) is 5.14. The van der Waals surface area contributed by atoms with Crippen LogP contribution in [0.2, 0.25) is 0 Å². The first-order chi connectivity index (χ1) is 11.4. The SMILES string of the molecule is O=C(Nc1ccccc1F)Nc1ccc2c(c1O)S(=O)(=O)CC=C2. The molecule has 0 saturated carbocycles. The van der Waals surface area contributed by atoms with Crippen LogP contribution in [0.5, 0.6) is 5.75 Å². The number of nitrogens with one attached hydrogen (secondary N) is 2. The van der Waals surface area contributed by atoms with Crippen molar-refractivity contribution in [3.05, 3.63) is 53.9 Å². The number of amides is 2. The van der Waals surface area contributed by atoms with Gasteiger partial charge in [0.1, 0.15) is 10.7 Å². The van der Waals surface area contributed by atoms with Gasteiger partial charge in [0.25, 0.3) is 0 Å². The number of phenolic OH excluding ortho intramolecular Hbond substituents is 1. The van der Waals surface area contributed by atoms with Crippen molar-refractivity contribution in [3.63, 3.8) is 0 Å². The van der Waals surface area contributed by atoms with Crippen molar-refractivity contribution in [2.75, 3.05) is 16.4 Å². The van der Waals surface area contributed by atoms with E-state index < -0.39 is 27.4 Å². The number of phenols is 1. The number of hydrogen-bond donors (Lipinski definition) is 3. The highest BCUT2D eigenvalue weighted by molar-refractivity contribution is 7.91. The van der Waals surface area contributed by atoms with Crippen molar-refractivity contribution in [2.24, 2.45) is 0 Å². The highest BCUT2D eigenvalue weighted by Crippen LogP contribution is 2.37. The van der Waals surface area contributed by atoms with Crippen molar-refractivity contribution >= 4 is 33.3 Å². The Bertz CT molecular complexity index is 955. The van der Waals surface area contributed by atoms with Gasteiger partial charge in [-0.1, -0.05) is 30.4 Å². The summed E-state index contributed by atoms with van der Waals surface area (Å²) in [5.74, 6) is -1.38. The molecule has 6 nitrogen and oxygen atoms in total. The van der Waals surface area contributed by atoms with Gasteiger partial charge in [-0.2, -0.15) is 0 Å². The Kier molecular flexibility index (Phi) is 3.98. The number of fused-ring (bicyclic) bond motifs is 1. The van der Waals surface area contributed by atoms with Crippen molar-refractivity contribution in [1.29, 1.82) is 0 Å². The summed E-state index contributed by atoms with van der Waals surface area (Å²) in [6.07, 6.45) is 3.06. The van der Waals surface area contributed by atoms with Gasteiger partial charge in [0, 0.05) is 0 Å². The molecule has 2 aromatic carbocycles. The number of urea groups is 1. The molecule has 0 aromatic heterocycles. The second-order valence-corrected chi connectivity index (χ2v) is 7.09. The van der Waals surface area contributed by atoms with Crippen molar-refractivity contribution in [3.8, 4) is 5.75 Å². The Labute approximate surface area is 137 Å². The number of carbonyl (C=O) groups excluding carboxylic acids is 1. The minimum absolute atomic E-state index is 0.0389. The van der Waals surface area contributed by atoms with Gasteiger partial charge >= 0.3 is 6.03 Å². The number of halogens is 1. The molecular weight excluding hydrogens is 335 g/mol. The Balaban J connectivity index is 1.88. The van der Waals surface area contributed by atoms with Gasteiger partial charge in [-0.15, -0.1) is 0 Å². The lowest BCUT2D eigenvalue weighted by Crippen LogP contribution is -2.21. The van der Waals surface area contributed by atoms with E-state index in [2.05, 4.69) is 10.6 Å². The molecule has 3 rings (SSSR count). The molecule has 24 heavy (non-hydrogen) atoms. The van der Waals surface area contributed by atoms with Crippen LogP contribution in [0.1, 0.15) is 5.56 Å². The molecule has 1 aliphatic heterocycles. The second-order valence-electron chi connectivity index (χ2n) is 5.12. The molecule has 1 heterocycles. The summed E-state index contributed by atoms with van der Waals surface area (Å²) >= 11 is 0. The van der Waals surface area contributed by atoms with E-state index in [9.17, 15) is 22.7 Å². The highest BCUT2D eigenvalue weighted by atomic mass is 32.2. The summed E-state index contributed by atoms with van der Waals surface area (Å²) < 4.78 is 37.7. The predicted molar refractivity (Wildman–Crippen MR) is 88.2 cm³/mol. The molecule has 2 aromatic rings. The number of rotatable bonds is 2. The lowest BCUT2D eigenvalue weighted by molar-refractivity contribution is 0.262. The maximum Gasteiger partial charge on any atom is 0.323 e. The number of anilines is 2. The van der Waals surface area contributed by atoms with Gasteiger partial charge in [-0.25, -0.2) is 17.6 Å². The molecule has 0 fully saturated rings. The smallest absolute Gasteiger partial charge is 0.323 e. The summed E-state index contributed by atoms with van der Waals surface area (Å²) in [4.78, 5) is 11.7. The maximum absolute atomic E-state index is 13.5. The van der Waals surface area contributed by atoms with Gasteiger partial charge in [0.2, 0.25) is 0 Å². The van der Waals surface area contributed by atoms with Crippen molar-refractivity contribution < 1.29 is 22.7 Å². The van der Waals surface area contributed by atoms with E-state index in [0.29, 0.717) is 5.56 Å². The maximum atomic E-state index is 13.5. The zero-order chi connectivity index (χ0) is 17.3. The Morgan fingerprint density at radius 3 is 2.54 bits per heavy atom. The van der Waals surface area contributed by atoms with Crippen LogP contribution < -0.4 is 10.6 Å². The van der Waals surface area contributed by atoms with E-state index >= 15 is 0 Å². The number of benzene rings is 2. The molecule has 0 unspecified atom stereocenters. The van der Waals surface area contributed by atoms with Gasteiger partial charge in [0.05, 0.1) is 17.1 Å². The minimum Gasteiger partial charge on any atom is -0.504 e. The molecule has 8 heteroatoms. The van der Waals surface area contributed by atoms with Crippen LogP contribution in [0.25, 0.3) is 6.08 Å². The lowest BCUT2D eigenvalue weighted by Gasteiger charge is -2.16. The number of sulfone groups is 1. The quantitative estimate of drug-likeness (QED) is 0.727. The number of carbonyl (C=O) groups is 1. The summed E-state index contributed by atoms with van der Waals surface area (Å²) in [5.41, 5.74) is 0.225. The standard InChI is InChI=1S/C16H13FN2O4S/c17-11-5-1-2-6-12(11)18-16(21)19-13-8-7-10-4-3-9-24(22,23)15(10)14(13)20/h1-8,20H,9H2,(H2,18,19,21). The van der Waals surface area contributed by atoms with Crippen molar-refractivity contribution in [1.82, 2.24) is 0 Å². The van der Waals surface area contributed by atoms with Crippen LogP contribution in [-0.2, 0) is 9.84 Å². The Morgan fingerprint density at radius 1 is 1.08 bits per heavy atom. The monoisotopic (exact) mass is 348 g/mol. The molecule has 0 saturated heterocycles. The summed E-state index contributed by atoms with van der Waals surface area (Å²) in [6.45, 7) is 0. The first-order valence-electron chi connectivity index (χ1n) is 6.96. The van der Waals surface area contributed by atoms with E-state index in [0.717, 1.165) is 0 Å². The van der Waals surface area contributed by atoms with Gasteiger partial charge < -0.3 is 15.7 Å². The molecule has 0 bridgehead atoms. The number of para-hydroxylation sites is 1. The fraction of sp³-hybridized carbons (Fsp3) is 0.0625. The minimum atomic E-state index is -3.67. The second kappa shape index (κ2) is 5.97. The fourth-order valence-electron chi connectivity index (χ4n) is 2.37. The van der Waals surface area contributed by atoms with E-state index in [4.69, 9.17) is 0 Å². The van der Waals surface area contributed by atoms with Crippen LogP contribution in [-0.4, -0.2) is 25.3 Å². The van der Waals surface area contributed by atoms with E-state index in [1.807, 2.05) is 0 Å². The lowest BCUT2D eigenvalue weighted by atomic mass is 10.1. The molecule has 0 aliphatic carbocycles. The highest BCUT2D eigenvalue weighted by Gasteiger charge is 2.26. The first kappa shape index (κ1) is 16.0. The summed E-state index contributed by atoms with van der Waals surface area (Å²) in [6, 6.07) is 7.63. The molecule has 0 spiro atoms. The summed E-state index contributed by atoms with van der Waals surface area (Å²) in [5, 5.41) is 14.8. The first-order valence-corrected chi connectivity index (χ1v) is 8.61. The molecule has 0 radical (unpaired) electrons. The zero-order valence-corrected chi connectivity index (χ0v) is 13.1. The van der Waals surface area contributed by atoms with Crippen molar-refractivity contribution in [2.45, 2.75) is 4.90 Å². The molecule has 3 N–H and O–H groups in total. The average Bonchev–Trinajstić information content (AvgIpc) is 2.51. The van der Waals surface area contributed by atoms with Crippen LogP contribution >= 0.6 is 0 Å². The number of hydrogen-bond acceptors (Lipinski definition) is 4. The third-order valence-electron chi connectivity index (χ3n) is 3.46. The molecular formula is C16H13FN2O4S. The van der Waals surface area contributed by atoms with Crippen LogP contribution in [0.4, 0.5) is 20.6 Å². The summed E-state index contributed by atoms with van der Waals surface area (Å²) in [7, 11) is -3.67. The Hall–Kier alpha value is -2.87. The van der Waals surface area contributed by atoms with Crippen LogP contribution in [0.15, 0.2) is 47.4 Å². The van der Waals surface area contributed by atoms with Gasteiger partial charge in [0.15, 0.2) is 15.6 Å². The zero-order valence-electron chi connectivity index (χ0n) is 12.3. The van der Waals surface area contributed by atoms with Gasteiger partial charge in [-0.3, -0.25) is 0 Å². The van der Waals surface area contributed by atoms with Gasteiger partial charge in [-0.05, 0) is 23.8 Å². The van der Waals surface area contributed by atoms with Crippen LogP contribution in [0.3, 0.4) is 0 Å². The molecule has 0 atom stereocenters. The largest absolute Gasteiger partial charge is 0.504 e. The molecule has 1 aliphatic rings. The predicted octanol–water partition coefficient (Wildman–Crippen LogP) is 2.98. The van der Waals surface area contributed by atoms with Crippen LogP contribution in [0, 0.1) is 5.82 Å². The van der Waals surface area contributed by atoms with E-state index in [1.165, 1.54) is 36.4 Å². The average molecular weight is 348 g/mol. The topological polar surface area (TPSA) is 95.5 Å². The Morgan fingerprint density at radius 2 is 1.79 bits per heavy atom. The third kappa shape index (κ3) is 2.95. The van der Waals surface area contributed by atoms with E-state index in [-0.39, 0.29) is 22.0 Å². The van der Waals surface area contributed by atoms with E-state index in [1.54, 1.807) is 12.1 Å². The fourth-order valence-corrected chi connectivity index (χ4v) is 3.79.